The summed E-state index contributed by atoms with van der Waals surface area (Å²) in [4.78, 5) is 24.4. The lowest BCUT2D eigenvalue weighted by atomic mass is 10.0. The first kappa shape index (κ1) is 55.6. The van der Waals surface area contributed by atoms with Gasteiger partial charge in [0.25, 0.3) is 0 Å². The smallest absolute Gasteiger partial charge is 0.306 e. The van der Waals surface area contributed by atoms with Gasteiger partial charge in [-0.1, -0.05) is 251 Å². The molecule has 0 aromatic heterocycles. The summed E-state index contributed by atoms with van der Waals surface area (Å²) < 4.78 is 10.7. The largest absolute Gasteiger partial charge is 0.462 e. The van der Waals surface area contributed by atoms with Gasteiger partial charge in [-0.25, -0.2) is 0 Å². The Morgan fingerprint density at radius 3 is 0.947 bits per heavy atom. The Hall–Kier alpha value is -1.36. The molecule has 0 aromatic carbocycles. The van der Waals surface area contributed by atoms with Crippen molar-refractivity contribution in [3.05, 3.63) is 12.2 Å². The second kappa shape index (κ2) is 49.0. The summed E-state index contributed by atoms with van der Waals surface area (Å²) in [7, 11) is 0. The molecule has 5 heteroatoms. The molecule has 0 saturated heterocycles. The normalized spacial score (nSPS) is 12.1. The molecular weight excluding hydrogens is 705 g/mol. The zero-order valence-electron chi connectivity index (χ0n) is 38.6. The third-order valence-electron chi connectivity index (χ3n) is 11.8. The van der Waals surface area contributed by atoms with Gasteiger partial charge in [-0.15, -0.1) is 0 Å². The third-order valence-corrected chi connectivity index (χ3v) is 11.8. The summed E-state index contributed by atoms with van der Waals surface area (Å²) in [5, 5.41) is 9.62. The van der Waals surface area contributed by atoms with Crippen LogP contribution in [0.4, 0.5) is 0 Å². The highest BCUT2D eigenvalue weighted by atomic mass is 16.6. The van der Waals surface area contributed by atoms with Gasteiger partial charge in [0, 0.05) is 12.8 Å². The minimum Gasteiger partial charge on any atom is -0.462 e. The van der Waals surface area contributed by atoms with Crippen molar-refractivity contribution in [1.82, 2.24) is 0 Å². The van der Waals surface area contributed by atoms with E-state index in [1.165, 1.54) is 225 Å². The number of unbranched alkanes of at least 4 members (excludes halogenated alkanes) is 38. The Balaban J connectivity index is 3.44. The van der Waals surface area contributed by atoms with Crippen molar-refractivity contribution >= 4 is 11.9 Å². The van der Waals surface area contributed by atoms with Gasteiger partial charge in [-0.05, 0) is 38.5 Å². The van der Waals surface area contributed by atoms with Crippen molar-refractivity contribution in [2.45, 2.75) is 296 Å². The predicted octanol–water partition coefficient (Wildman–Crippen LogP) is 16.8. The fourth-order valence-electron chi connectivity index (χ4n) is 7.91. The number of esters is 2. The molecule has 0 aliphatic rings. The molecule has 1 N–H and O–H groups in total. The van der Waals surface area contributed by atoms with Gasteiger partial charge in [0.05, 0.1) is 6.61 Å². The Bertz CT molecular complexity index is 825. The van der Waals surface area contributed by atoms with Crippen LogP contribution in [0.2, 0.25) is 0 Å². The fourth-order valence-corrected chi connectivity index (χ4v) is 7.91. The number of carbonyl (C=O) groups is 2. The Labute approximate surface area is 356 Å². The number of aliphatic hydroxyl groups excluding tert-OH is 1. The second-order valence-electron chi connectivity index (χ2n) is 17.6. The maximum Gasteiger partial charge on any atom is 0.306 e. The van der Waals surface area contributed by atoms with E-state index >= 15 is 0 Å². The van der Waals surface area contributed by atoms with E-state index in [2.05, 4.69) is 26.0 Å². The maximum absolute atomic E-state index is 12.3. The molecule has 0 radical (unpaired) electrons. The van der Waals surface area contributed by atoms with E-state index < -0.39 is 6.10 Å². The highest BCUT2D eigenvalue weighted by Gasteiger charge is 2.16. The Morgan fingerprint density at radius 2 is 0.649 bits per heavy atom. The Morgan fingerprint density at radius 1 is 0.386 bits per heavy atom. The van der Waals surface area contributed by atoms with E-state index in [9.17, 15) is 14.7 Å². The van der Waals surface area contributed by atoms with Crippen molar-refractivity contribution in [3.8, 4) is 0 Å². The summed E-state index contributed by atoms with van der Waals surface area (Å²) in [5.41, 5.74) is 0. The van der Waals surface area contributed by atoms with Crippen LogP contribution >= 0.6 is 0 Å². The van der Waals surface area contributed by atoms with E-state index in [1.807, 2.05) is 0 Å². The summed E-state index contributed by atoms with van der Waals surface area (Å²) in [6, 6.07) is 0. The number of aliphatic hydroxyl groups is 1. The van der Waals surface area contributed by atoms with E-state index in [0.29, 0.717) is 12.8 Å². The molecule has 0 aliphatic carbocycles. The number of ether oxygens (including phenoxy) is 2. The molecular formula is C52H100O5. The summed E-state index contributed by atoms with van der Waals surface area (Å²) in [5.74, 6) is -0.572. The molecule has 57 heavy (non-hydrogen) atoms. The molecule has 0 rings (SSSR count). The molecule has 338 valence electrons. The van der Waals surface area contributed by atoms with Gasteiger partial charge in [0.15, 0.2) is 6.10 Å². The molecule has 0 bridgehead atoms. The summed E-state index contributed by atoms with van der Waals surface area (Å²) in [6.07, 6.45) is 58.8. The molecule has 0 aliphatic heterocycles. The molecule has 0 aromatic rings. The lowest BCUT2D eigenvalue weighted by Crippen LogP contribution is -2.28. The van der Waals surface area contributed by atoms with E-state index in [0.717, 1.165) is 38.5 Å². The number of hydrogen-bond acceptors (Lipinski definition) is 5. The first-order valence-electron chi connectivity index (χ1n) is 25.7. The SMILES string of the molecule is CCCCCCCC/C=C/CCCCCCCCCCCCCC(=O)OC[C@H](CO)OC(=O)CCCCCCCCCCCCCCCCCCCCCCCC. The van der Waals surface area contributed by atoms with Crippen LogP contribution < -0.4 is 0 Å². The monoisotopic (exact) mass is 805 g/mol. The van der Waals surface area contributed by atoms with E-state index in [4.69, 9.17) is 9.47 Å². The predicted molar refractivity (Wildman–Crippen MR) is 247 cm³/mol. The van der Waals surface area contributed by atoms with Crippen LogP contribution in [0.1, 0.15) is 290 Å². The highest BCUT2D eigenvalue weighted by Crippen LogP contribution is 2.17. The van der Waals surface area contributed by atoms with Crippen LogP contribution in [0, 0.1) is 0 Å². The summed E-state index contributed by atoms with van der Waals surface area (Å²) in [6.45, 7) is 4.18. The number of allylic oxidation sites excluding steroid dienone is 2. The van der Waals surface area contributed by atoms with Gasteiger partial charge in [-0.2, -0.15) is 0 Å². The van der Waals surface area contributed by atoms with Crippen molar-refractivity contribution in [2.75, 3.05) is 13.2 Å². The van der Waals surface area contributed by atoms with Crippen molar-refractivity contribution in [3.63, 3.8) is 0 Å². The number of carbonyl (C=O) groups excluding carboxylic acids is 2. The Kier molecular flexibility index (Phi) is 47.8. The molecule has 0 amide bonds. The van der Waals surface area contributed by atoms with Crippen LogP contribution in [0.15, 0.2) is 12.2 Å². The van der Waals surface area contributed by atoms with Crippen molar-refractivity contribution in [1.29, 1.82) is 0 Å². The first-order valence-corrected chi connectivity index (χ1v) is 25.7. The topological polar surface area (TPSA) is 72.8 Å². The van der Waals surface area contributed by atoms with Crippen LogP contribution in [-0.2, 0) is 19.1 Å². The van der Waals surface area contributed by atoms with Crippen LogP contribution in [0.3, 0.4) is 0 Å². The van der Waals surface area contributed by atoms with E-state index in [-0.39, 0.29) is 25.2 Å². The third kappa shape index (κ3) is 47.2. The lowest BCUT2D eigenvalue weighted by molar-refractivity contribution is -0.161. The van der Waals surface area contributed by atoms with Gasteiger partial charge < -0.3 is 14.6 Å². The van der Waals surface area contributed by atoms with Gasteiger partial charge in [0.2, 0.25) is 0 Å². The average molecular weight is 805 g/mol. The average Bonchev–Trinajstić information content (AvgIpc) is 3.21. The molecule has 0 heterocycles. The summed E-state index contributed by atoms with van der Waals surface area (Å²) >= 11 is 0. The van der Waals surface area contributed by atoms with Crippen molar-refractivity contribution in [2.24, 2.45) is 0 Å². The maximum atomic E-state index is 12.3. The molecule has 0 spiro atoms. The lowest BCUT2D eigenvalue weighted by Gasteiger charge is -2.15. The first-order chi connectivity index (χ1) is 28.1. The second-order valence-corrected chi connectivity index (χ2v) is 17.6. The van der Waals surface area contributed by atoms with Crippen molar-refractivity contribution < 1.29 is 24.2 Å². The minimum atomic E-state index is -0.766. The van der Waals surface area contributed by atoms with Crippen LogP contribution in [-0.4, -0.2) is 36.4 Å². The standard InChI is InChI=1S/C52H100O5/c1-3-5-7-9-11-13-15-17-19-21-23-25-27-29-31-33-35-37-39-41-43-45-47-52(55)57-50(48-53)49-56-51(54)46-44-42-40-38-36-34-32-30-28-26-24-22-20-18-16-14-12-10-8-6-4-2/h18,20,50,53H,3-17,19,21-49H2,1-2H3/b20-18+/t50-/m0/s1. The van der Waals surface area contributed by atoms with Gasteiger partial charge >= 0.3 is 11.9 Å². The van der Waals surface area contributed by atoms with Gasteiger partial charge in [0.1, 0.15) is 6.61 Å². The zero-order chi connectivity index (χ0) is 41.4. The van der Waals surface area contributed by atoms with E-state index in [1.54, 1.807) is 0 Å². The quantitative estimate of drug-likeness (QED) is 0.0377. The molecule has 0 unspecified atom stereocenters. The zero-order valence-corrected chi connectivity index (χ0v) is 38.6. The number of hydrogen-bond donors (Lipinski definition) is 1. The molecule has 5 nitrogen and oxygen atoms in total. The van der Waals surface area contributed by atoms with Crippen LogP contribution in [0.25, 0.3) is 0 Å². The molecule has 0 fully saturated rings. The minimum absolute atomic E-state index is 0.0591. The molecule has 1 atom stereocenters. The molecule has 0 saturated carbocycles. The van der Waals surface area contributed by atoms with Gasteiger partial charge in [-0.3, -0.25) is 9.59 Å². The van der Waals surface area contributed by atoms with Crippen LogP contribution in [0.5, 0.6) is 0 Å². The highest BCUT2D eigenvalue weighted by molar-refractivity contribution is 5.70. The number of rotatable bonds is 48. The fraction of sp³-hybridized carbons (Fsp3) is 0.923.